The van der Waals surface area contributed by atoms with Gasteiger partial charge in [-0.25, -0.2) is 0 Å². The Kier molecular flexibility index (Phi) is 2.96. The van der Waals surface area contributed by atoms with Crippen molar-refractivity contribution in [3.8, 4) is 0 Å². The molecule has 0 bridgehead atoms. The standard InChI is InChI=1S/C9H14N8O/c1-4-5-6(10)7(16(2)13-5)8(18)11-9-12-15-17(3)14-9/h4,10H2,1-3H3,(H,11,14,18). The molecule has 0 saturated heterocycles. The lowest BCUT2D eigenvalue weighted by Crippen LogP contribution is -2.18. The van der Waals surface area contributed by atoms with Crippen LogP contribution >= 0.6 is 0 Å². The van der Waals surface area contributed by atoms with E-state index in [-0.39, 0.29) is 5.95 Å². The zero-order chi connectivity index (χ0) is 13.3. The lowest BCUT2D eigenvalue weighted by Gasteiger charge is -2.01. The largest absolute Gasteiger partial charge is 0.395 e. The molecule has 2 aromatic rings. The molecule has 0 saturated carbocycles. The third-order valence-corrected chi connectivity index (χ3v) is 2.44. The van der Waals surface area contributed by atoms with Crippen molar-refractivity contribution < 1.29 is 4.79 Å². The first kappa shape index (κ1) is 12.0. The molecule has 9 heteroatoms. The number of carbonyl (C=O) groups excluding carboxylic acids is 1. The van der Waals surface area contributed by atoms with Gasteiger partial charge in [-0.05, 0) is 11.6 Å². The summed E-state index contributed by atoms with van der Waals surface area (Å²) in [4.78, 5) is 13.3. The van der Waals surface area contributed by atoms with Crippen LogP contribution in [0, 0.1) is 0 Å². The second-order valence-corrected chi connectivity index (χ2v) is 3.74. The molecule has 96 valence electrons. The maximum atomic E-state index is 12.0. The number of carbonyl (C=O) groups is 1. The van der Waals surface area contributed by atoms with Gasteiger partial charge in [0.05, 0.1) is 18.4 Å². The topological polar surface area (TPSA) is 117 Å². The minimum absolute atomic E-state index is 0.126. The van der Waals surface area contributed by atoms with E-state index in [1.807, 2.05) is 6.92 Å². The number of nitrogens with zero attached hydrogens (tertiary/aromatic N) is 6. The summed E-state index contributed by atoms with van der Waals surface area (Å²) in [5.41, 5.74) is 7.23. The number of nitrogens with one attached hydrogen (secondary N) is 1. The molecule has 1 amide bonds. The van der Waals surface area contributed by atoms with Crippen LogP contribution in [0.4, 0.5) is 11.6 Å². The molecule has 0 unspecified atom stereocenters. The number of nitrogen functional groups attached to an aromatic ring is 1. The van der Waals surface area contributed by atoms with Crippen molar-refractivity contribution in [3.05, 3.63) is 11.4 Å². The van der Waals surface area contributed by atoms with Gasteiger partial charge in [0, 0.05) is 7.05 Å². The predicted molar refractivity (Wildman–Crippen MR) is 63.7 cm³/mol. The van der Waals surface area contributed by atoms with Crippen LogP contribution in [0.3, 0.4) is 0 Å². The first-order valence-electron chi connectivity index (χ1n) is 5.39. The van der Waals surface area contributed by atoms with Gasteiger partial charge in [0.2, 0.25) is 0 Å². The van der Waals surface area contributed by atoms with Gasteiger partial charge in [0.25, 0.3) is 11.9 Å². The zero-order valence-electron chi connectivity index (χ0n) is 10.4. The molecule has 0 atom stereocenters. The Balaban J connectivity index is 2.26. The van der Waals surface area contributed by atoms with Gasteiger partial charge in [-0.15, -0.1) is 5.10 Å². The van der Waals surface area contributed by atoms with Gasteiger partial charge in [-0.3, -0.25) is 14.8 Å². The molecule has 0 radical (unpaired) electrons. The summed E-state index contributed by atoms with van der Waals surface area (Å²) in [7, 11) is 3.27. The van der Waals surface area contributed by atoms with Gasteiger partial charge < -0.3 is 5.73 Å². The summed E-state index contributed by atoms with van der Waals surface area (Å²) < 4.78 is 1.44. The Hall–Kier alpha value is -2.45. The summed E-state index contributed by atoms with van der Waals surface area (Å²) in [5.74, 6) is -0.281. The fourth-order valence-electron chi connectivity index (χ4n) is 1.62. The van der Waals surface area contributed by atoms with Crippen LogP contribution in [-0.4, -0.2) is 35.9 Å². The summed E-state index contributed by atoms with van der Waals surface area (Å²) in [6.07, 6.45) is 0.663. The van der Waals surface area contributed by atoms with Gasteiger partial charge in [-0.2, -0.15) is 9.90 Å². The van der Waals surface area contributed by atoms with Gasteiger partial charge in [0.1, 0.15) is 5.69 Å². The van der Waals surface area contributed by atoms with E-state index in [9.17, 15) is 4.79 Å². The van der Waals surface area contributed by atoms with E-state index in [1.165, 1.54) is 9.48 Å². The van der Waals surface area contributed by atoms with Crippen molar-refractivity contribution in [2.45, 2.75) is 13.3 Å². The summed E-state index contributed by atoms with van der Waals surface area (Å²) in [6.45, 7) is 1.92. The number of rotatable bonds is 3. The number of aryl methyl sites for hydroxylation is 3. The Bertz CT molecular complexity index is 583. The maximum absolute atomic E-state index is 12.0. The van der Waals surface area contributed by atoms with Crippen LogP contribution in [0.15, 0.2) is 0 Å². The minimum atomic E-state index is -0.407. The highest BCUT2D eigenvalue weighted by molar-refractivity contribution is 6.05. The average Bonchev–Trinajstić information content (AvgIpc) is 2.83. The van der Waals surface area contributed by atoms with E-state index in [4.69, 9.17) is 5.73 Å². The molecule has 2 aromatic heterocycles. The second kappa shape index (κ2) is 4.43. The third kappa shape index (κ3) is 2.01. The summed E-state index contributed by atoms with van der Waals surface area (Å²) >= 11 is 0. The zero-order valence-corrected chi connectivity index (χ0v) is 10.4. The van der Waals surface area contributed by atoms with Crippen molar-refractivity contribution >= 4 is 17.5 Å². The SMILES string of the molecule is CCc1nn(C)c(C(=O)Nc2nnn(C)n2)c1N. The number of hydrogen-bond acceptors (Lipinski definition) is 6. The Morgan fingerprint density at radius 2 is 2.11 bits per heavy atom. The predicted octanol–water partition coefficient (Wildman–Crippen LogP) is -0.659. The van der Waals surface area contributed by atoms with Crippen molar-refractivity contribution in [2.75, 3.05) is 11.1 Å². The maximum Gasteiger partial charge on any atom is 0.278 e. The molecule has 0 aliphatic rings. The van der Waals surface area contributed by atoms with Crippen LogP contribution < -0.4 is 11.1 Å². The molecule has 0 aromatic carbocycles. The van der Waals surface area contributed by atoms with Crippen molar-refractivity contribution in [3.63, 3.8) is 0 Å². The minimum Gasteiger partial charge on any atom is -0.395 e. The molecular formula is C9H14N8O. The van der Waals surface area contributed by atoms with E-state index in [0.29, 0.717) is 23.5 Å². The van der Waals surface area contributed by atoms with Gasteiger partial charge in [-0.1, -0.05) is 12.0 Å². The highest BCUT2D eigenvalue weighted by Crippen LogP contribution is 2.17. The smallest absolute Gasteiger partial charge is 0.278 e. The Morgan fingerprint density at radius 3 is 2.61 bits per heavy atom. The van der Waals surface area contributed by atoms with Gasteiger partial charge >= 0.3 is 0 Å². The van der Waals surface area contributed by atoms with Crippen LogP contribution in [0.5, 0.6) is 0 Å². The van der Waals surface area contributed by atoms with Crippen molar-refractivity contribution in [1.29, 1.82) is 0 Å². The molecule has 2 rings (SSSR count). The van der Waals surface area contributed by atoms with E-state index in [0.717, 1.165) is 0 Å². The van der Waals surface area contributed by atoms with E-state index >= 15 is 0 Å². The second-order valence-electron chi connectivity index (χ2n) is 3.74. The summed E-state index contributed by atoms with van der Waals surface area (Å²) in [5, 5.41) is 17.8. The fraction of sp³-hybridized carbons (Fsp3) is 0.444. The summed E-state index contributed by atoms with van der Waals surface area (Å²) in [6, 6.07) is 0. The number of hydrogen-bond donors (Lipinski definition) is 2. The fourth-order valence-corrected chi connectivity index (χ4v) is 1.62. The molecule has 0 spiro atoms. The lowest BCUT2D eigenvalue weighted by atomic mass is 10.2. The molecule has 0 fully saturated rings. The number of tetrazole rings is 1. The van der Waals surface area contributed by atoms with E-state index < -0.39 is 5.91 Å². The highest BCUT2D eigenvalue weighted by Gasteiger charge is 2.20. The van der Waals surface area contributed by atoms with Gasteiger partial charge in [0.15, 0.2) is 0 Å². The first-order valence-corrected chi connectivity index (χ1v) is 5.39. The normalized spacial score (nSPS) is 10.6. The van der Waals surface area contributed by atoms with E-state index in [1.54, 1.807) is 14.1 Å². The molecule has 9 nitrogen and oxygen atoms in total. The Morgan fingerprint density at radius 1 is 1.39 bits per heavy atom. The van der Waals surface area contributed by atoms with Crippen molar-refractivity contribution in [1.82, 2.24) is 30.0 Å². The molecule has 2 heterocycles. The van der Waals surface area contributed by atoms with Crippen molar-refractivity contribution in [2.24, 2.45) is 14.1 Å². The molecule has 0 aliphatic carbocycles. The molecule has 18 heavy (non-hydrogen) atoms. The first-order chi connectivity index (χ1) is 8.52. The number of amides is 1. The molecule has 3 N–H and O–H groups in total. The van der Waals surface area contributed by atoms with Crippen LogP contribution in [0.25, 0.3) is 0 Å². The molecule has 0 aliphatic heterocycles. The number of aromatic nitrogens is 6. The highest BCUT2D eigenvalue weighted by atomic mass is 16.2. The van der Waals surface area contributed by atoms with Crippen LogP contribution in [0.2, 0.25) is 0 Å². The number of nitrogens with two attached hydrogens (primary N) is 1. The molecular weight excluding hydrogens is 236 g/mol. The van der Waals surface area contributed by atoms with E-state index in [2.05, 4.69) is 25.8 Å². The van der Waals surface area contributed by atoms with Crippen LogP contribution in [0.1, 0.15) is 23.1 Å². The Labute approximate surface area is 103 Å². The third-order valence-electron chi connectivity index (χ3n) is 2.44. The number of anilines is 2. The van der Waals surface area contributed by atoms with Crippen LogP contribution in [-0.2, 0) is 20.5 Å². The monoisotopic (exact) mass is 250 g/mol. The average molecular weight is 250 g/mol. The quantitative estimate of drug-likeness (QED) is 0.747. The lowest BCUT2D eigenvalue weighted by molar-refractivity contribution is 0.101.